The van der Waals surface area contributed by atoms with Gasteiger partial charge in [-0.1, -0.05) is 0 Å². The molecule has 0 aromatic heterocycles. The van der Waals surface area contributed by atoms with E-state index < -0.39 is 15.0 Å². The van der Waals surface area contributed by atoms with Gasteiger partial charge in [-0.05, 0) is 32.0 Å². The summed E-state index contributed by atoms with van der Waals surface area (Å²) in [6.45, 7) is 4.41. The van der Waals surface area contributed by atoms with Gasteiger partial charge in [-0.2, -0.15) is 0 Å². The molecule has 0 atom stereocenters. The lowest BCUT2D eigenvalue weighted by Crippen LogP contribution is -3.09. The topological polar surface area (TPSA) is 114 Å². The molecule has 0 aliphatic carbocycles. The molecule has 0 aliphatic rings. The van der Waals surface area contributed by atoms with Gasteiger partial charge in [0.2, 0.25) is 0 Å². The van der Waals surface area contributed by atoms with Crippen molar-refractivity contribution in [2.45, 2.75) is 24.8 Å². The molecule has 5 N–H and O–H groups in total. The first-order valence-electron chi connectivity index (χ1n) is 5.46. The molecule has 0 bridgehead atoms. The van der Waals surface area contributed by atoms with E-state index in [1.807, 2.05) is 0 Å². The molecule has 0 aliphatic heterocycles. The van der Waals surface area contributed by atoms with E-state index in [1.54, 1.807) is 0 Å². The number of hydrogen-bond acceptors (Lipinski definition) is 5. The fraction of sp³-hybridized carbons (Fsp3) is 0.455. The third kappa shape index (κ3) is 5.85. The van der Waals surface area contributed by atoms with E-state index in [-0.39, 0.29) is 11.4 Å². The Balaban J connectivity index is 0.000000411. The molecule has 18 heavy (non-hydrogen) atoms. The largest absolute Gasteiger partial charge is 0.744 e. The summed E-state index contributed by atoms with van der Waals surface area (Å²) in [6.07, 6.45) is 0. The van der Waals surface area contributed by atoms with Crippen molar-refractivity contribution < 1.29 is 17.9 Å². The minimum absolute atomic E-state index is 0.0841. The van der Waals surface area contributed by atoms with Crippen LogP contribution in [0, 0.1) is 0 Å². The molecule has 0 amide bonds. The lowest BCUT2D eigenvalue weighted by Gasteiger charge is -2.09. The molecule has 0 heterocycles. The third-order valence-corrected chi connectivity index (χ3v) is 3.35. The monoisotopic (exact) mass is 275 g/mol. The van der Waals surface area contributed by atoms with Crippen molar-refractivity contribution in [2.24, 2.45) is 0 Å². The third-order valence-electron chi connectivity index (χ3n) is 2.46. The maximum absolute atomic E-state index is 10.5. The molecule has 0 saturated heterocycles. The number of anilines is 2. The molecule has 7 heteroatoms. The van der Waals surface area contributed by atoms with E-state index in [1.165, 1.54) is 17.0 Å². The predicted molar refractivity (Wildman–Crippen MR) is 71.2 cm³/mol. The molecule has 1 aromatic rings. The Morgan fingerprint density at radius 1 is 1.22 bits per heavy atom. The van der Waals surface area contributed by atoms with Crippen molar-refractivity contribution in [1.29, 1.82) is 0 Å². The number of nitrogens with two attached hydrogens (primary N) is 2. The molecule has 0 saturated carbocycles. The number of hydrogen-bond donors (Lipinski definition) is 3. The van der Waals surface area contributed by atoms with Crippen LogP contribution in [0.3, 0.4) is 0 Å². The van der Waals surface area contributed by atoms with Gasteiger partial charge >= 0.3 is 0 Å². The van der Waals surface area contributed by atoms with Crippen molar-refractivity contribution in [2.75, 3.05) is 25.6 Å². The van der Waals surface area contributed by atoms with Gasteiger partial charge in [-0.15, -0.1) is 0 Å². The van der Waals surface area contributed by atoms with Crippen LogP contribution in [0.1, 0.15) is 13.8 Å². The normalized spacial score (nSPS) is 11.3. The SMILES string of the molecule is CC(C)[NH+](C)C.Nc1ccc(N)c(S(=O)(=O)[O-])c1. The molecule has 0 fully saturated rings. The van der Waals surface area contributed by atoms with Gasteiger partial charge in [-0.25, -0.2) is 8.42 Å². The Bertz CT molecular complexity index is 478. The minimum atomic E-state index is -4.51. The van der Waals surface area contributed by atoms with Crippen molar-refractivity contribution >= 4 is 21.5 Å². The first kappa shape index (κ1) is 16.7. The summed E-state index contributed by atoms with van der Waals surface area (Å²) in [6, 6.07) is 4.51. The Labute approximate surface area is 108 Å². The zero-order valence-corrected chi connectivity index (χ0v) is 11.9. The average Bonchev–Trinajstić information content (AvgIpc) is 2.21. The van der Waals surface area contributed by atoms with Crippen LogP contribution >= 0.6 is 0 Å². The van der Waals surface area contributed by atoms with Crippen molar-refractivity contribution in [3.63, 3.8) is 0 Å². The van der Waals surface area contributed by atoms with Crippen LogP contribution in [0.2, 0.25) is 0 Å². The van der Waals surface area contributed by atoms with Crippen molar-refractivity contribution in [3.8, 4) is 0 Å². The molecular weight excluding hydrogens is 254 g/mol. The van der Waals surface area contributed by atoms with Crippen LogP contribution in [-0.2, 0) is 10.1 Å². The average molecular weight is 275 g/mol. The van der Waals surface area contributed by atoms with Crippen LogP contribution < -0.4 is 16.4 Å². The van der Waals surface area contributed by atoms with Crippen LogP contribution in [0.4, 0.5) is 11.4 Å². The predicted octanol–water partition coefficient (Wildman–Crippen LogP) is -0.706. The molecule has 0 radical (unpaired) electrons. The second-order valence-corrected chi connectivity index (χ2v) is 5.83. The quantitative estimate of drug-likeness (QED) is 0.487. The van der Waals surface area contributed by atoms with Gasteiger partial charge < -0.3 is 20.9 Å². The summed E-state index contributed by atoms with van der Waals surface area (Å²) >= 11 is 0. The van der Waals surface area contributed by atoms with Gasteiger partial charge in [0.1, 0.15) is 10.1 Å². The van der Waals surface area contributed by atoms with E-state index in [2.05, 4.69) is 27.9 Å². The van der Waals surface area contributed by atoms with Gasteiger partial charge in [-0.3, -0.25) is 0 Å². The number of rotatable bonds is 2. The first-order chi connectivity index (χ1) is 8.05. The van der Waals surface area contributed by atoms with Crippen LogP contribution in [0.5, 0.6) is 0 Å². The first-order valence-corrected chi connectivity index (χ1v) is 6.87. The Morgan fingerprint density at radius 2 is 1.67 bits per heavy atom. The van der Waals surface area contributed by atoms with E-state index >= 15 is 0 Å². The standard InChI is InChI=1S/C6H8N2O3S.C5H13N/c7-4-1-2-5(8)6(3-4)12(9,10)11;1-5(2)6(3)4/h1-3H,7-8H2,(H,9,10,11);5H,1-4H3. The molecule has 6 nitrogen and oxygen atoms in total. The highest BCUT2D eigenvalue weighted by Gasteiger charge is 2.05. The van der Waals surface area contributed by atoms with E-state index in [0.717, 1.165) is 12.1 Å². The lowest BCUT2D eigenvalue weighted by atomic mass is 10.3. The van der Waals surface area contributed by atoms with Gasteiger partial charge in [0.05, 0.1) is 25.0 Å². The van der Waals surface area contributed by atoms with E-state index in [9.17, 15) is 13.0 Å². The lowest BCUT2D eigenvalue weighted by molar-refractivity contribution is -0.881. The molecular formula is C11H21N3O3S. The molecule has 104 valence electrons. The summed E-state index contributed by atoms with van der Waals surface area (Å²) in [5.74, 6) is 0. The van der Waals surface area contributed by atoms with Crippen LogP contribution in [-0.4, -0.2) is 33.1 Å². The number of benzene rings is 1. The fourth-order valence-electron chi connectivity index (χ4n) is 0.767. The highest BCUT2D eigenvalue weighted by atomic mass is 32.2. The van der Waals surface area contributed by atoms with Gasteiger partial charge in [0, 0.05) is 11.4 Å². The number of nitrogens with one attached hydrogen (secondary N) is 1. The second-order valence-electron chi connectivity index (χ2n) is 4.48. The summed E-state index contributed by atoms with van der Waals surface area (Å²) in [5.41, 5.74) is 10.6. The molecule has 1 rings (SSSR count). The Morgan fingerprint density at radius 3 is 1.94 bits per heavy atom. The fourth-order valence-corrected chi connectivity index (χ4v) is 1.40. The van der Waals surface area contributed by atoms with Crippen LogP contribution in [0.15, 0.2) is 23.1 Å². The zero-order valence-electron chi connectivity index (χ0n) is 11.1. The highest BCUT2D eigenvalue weighted by molar-refractivity contribution is 7.86. The summed E-state index contributed by atoms with van der Waals surface area (Å²) in [5, 5.41) is 0. The second kappa shape index (κ2) is 6.58. The molecule has 0 unspecified atom stereocenters. The number of quaternary nitrogens is 1. The van der Waals surface area contributed by atoms with Gasteiger partial charge in [0.25, 0.3) is 0 Å². The highest BCUT2D eigenvalue weighted by Crippen LogP contribution is 2.20. The zero-order chi connectivity index (χ0) is 14.5. The summed E-state index contributed by atoms with van der Waals surface area (Å²) < 4.78 is 31.5. The maximum Gasteiger partial charge on any atom is 0.126 e. The number of nitrogen functional groups attached to an aromatic ring is 2. The Kier molecular flexibility index (Phi) is 6.10. The Hall–Kier alpha value is -1.31. The molecule has 1 aromatic carbocycles. The van der Waals surface area contributed by atoms with Gasteiger partial charge in [0.15, 0.2) is 0 Å². The summed E-state index contributed by atoms with van der Waals surface area (Å²) in [7, 11) is -0.196. The minimum Gasteiger partial charge on any atom is -0.744 e. The van der Waals surface area contributed by atoms with E-state index in [4.69, 9.17) is 11.5 Å². The summed E-state index contributed by atoms with van der Waals surface area (Å²) in [4.78, 5) is 1.04. The maximum atomic E-state index is 10.5. The van der Waals surface area contributed by atoms with Crippen molar-refractivity contribution in [3.05, 3.63) is 18.2 Å². The van der Waals surface area contributed by atoms with Crippen molar-refractivity contribution in [1.82, 2.24) is 0 Å². The van der Waals surface area contributed by atoms with Crippen LogP contribution in [0.25, 0.3) is 0 Å². The smallest absolute Gasteiger partial charge is 0.126 e. The van der Waals surface area contributed by atoms with E-state index in [0.29, 0.717) is 0 Å². The molecule has 0 spiro atoms.